The lowest BCUT2D eigenvalue weighted by molar-refractivity contribution is 0.1000. The van der Waals surface area contributed by atoms with Crippen LogP contribution in [0.2, 0.25) is 0 Å². The first-order valence-electron chi connectivity index (χ1n) is 5.75. The number of anilines is 1. The van der Waals surface area contributed by atoms with Gasteiger partial charge in [-0.2, -0.15) is 0 Å². The molecule has 1 aromatic carbocycles. The molecule has 1 heterocycles. The topological polar surface area (TPSA) is 89.3 Å². The van der Waals surface area contributed by atoms with E-state index < -0.39 is 15.7 Å². The Balaban J connectivity index is 2.13. The number of nitrogens with two attached hydrogens (primary N) is 1. The molecule has 0 radical (unpaired) electrons. The molecular formula is C12H16N2O3S. The molecule has 1 aromatic rings. The standard InChI is InChI=1S/C12H16N2O3S/c1-8-6-9(12(13)15)2-3-11(8)14-10-4-5-18(16,17)7-10/h2-3,6,10,14H,4-5,7H2,1H3,(H2,13,15). The Labute approximate surface area is 106 Å². The molecule has 0 spiro atoms. The molecule has 1 atom stereocenters. The molecule has 1 amide bonds. The third kappa shape index (κ3) is 2.81. The number of primary amides is 1. The van der Waals surface area contributed by atoms with Crippen molar-refractivity contribution in [2.24, 2.45) is 5.73 Å². The van der Waals surface area contributed by atoms with Crippen molar-refractivity contribution in [3.8, 4) is 0 Å². The van der Waals surface area contributed by atoms with Crippen LogP contribution >= 0.6 is 0 Å². The summed E-state index contributed by atoms with van der Waals surface area (Å²) in [5, 5.41) is 3.20. The molecular weight excluding hydrogens is 252 g/mol. The van der Waals surface area contributed by atoms with E-state index in [0.717, 1.165) is 11.3 Å². The van der Waals surface area contributed by atoms with Gasteiger partial charge in [-0.3, -0.25) is 4.79 Å². The third-order valence-corrected chi connectivity index (χ3v) is 4.87. The van der Waals surface area contributed by atoms with Gasteiger partial charge >= 0.3 is 0 Å². The summed E-state index contributed by atoms with van der Waals surface area (Å²) in [6, 6.07) is 5.06. The van der Waals surface area contributed by atoms with E-state index in [2.05, 4.69) is 5.32 Å². The van der Waals surface area contributed by atoms with E-state index in [-0.39, 0.29) is 17.5 Å². The molecule has 5 nitrogen and oxygen atoms in total. The molecule has 3 N–H and O–H groups in total. The Bertz CT molecular complexity index is 581. The average Bonchev–Trinajstić information content (AvgIpc) is 2.61. The fourth-order valence-electron chi connectivity index (χ4n) is 2.11. The SMILES string of the molecule is Cc1cc(C(N)=O)ccc1NC1CCS(=O)(=O)C1. The van der Waals surface area contributed by atoms with E-state index in [4.69, 9.17) is 5.73 Å². The second-order valence-corrected chi connectivity index (χ2v) is 6.87. The minimum atomic E-state index is -2.89. The number of benzene rings is 1. The highest BCUT2D eigenvalue weighted by atomic mass is 32.2. The van der Waals surface area contributed by atoms with Crippen molar-refractivity contribution in [3.05, 3.63) is 29.3 Å². The van der Waals surface area contributed by atoms with Crippen molar-refractivity contribution < 1.29 is 13.2 Å². The predicted molar refractivity (Wildman–Crippen MR) is 70.4 cm³/mol. The van der Waals surface area contributed by atoms with Crippen LogP contribution in [0.5, 0.6) is 0 Å². The fraction of sp³-hybridized carbons (Fsp3) is 0.417. The Morgan fingerprint density at radius 3 is 2.67 bits per heavy atom. The van der Waals surface area contributed by atoms with Crippen molar-refractivity contribution in [1.29, 1.82) is 0 Å². The monoisotopic (exact) mass is 268 g/mol. The van der Waals surface area contributed by atoms with Crippen LogP contribution in [0.1, 0.15) is 22.3 Å². The summed E-state index contributed by atoms with van der Waals surface area (Å²) < 4.78 is 22.7. The van der Waals surface area contributed by atoms with Crippen LogP contribution in [0.15, 0.2) is 18.2 Å². The van der Waals surface area contributed by atoms with Gasteiger partial charge in [0, 0.05) is 17.3 Å². The zero-order valence-electron chi connectivity index (χ0n) is 10.1. The van der Waals surface area contributed by atoms with Gasteiger partial charge in [0.25, 0.3) is 0 Å². The number of nitrogens with one attached hydrogen (secondary N) is 1. The molecule has 0 saturated carbocycles. The Morgan fingerprint density at radius 2 is 2.17 bits per heavy atom. The van der Waals surface area contributed by atoms with Crippen LogP contribution in [0, 0.1) is 6.92 Å². The first kappa shape index (κ1) is 12.9. The lowest BCUT2D eigenvalue weighted by Crippen LogP contribution is -2.21. The first-order valence-corrected chi connectivity index (χ1v) is 7.57. The highest BCUT2D eigenvalue weighted by Crippen LogP contribution is 2.21. The summed E-state index contributed by atoms with van der Waals surface area (Å²) in [6.07, 6.45) is 0.624. The van der Waals surface area contributed by atoms with E-state index in [1.54, 1.807) is 18.2 Å². The summed E-state index contributed by atoms with van der Waals surface area (Å²) in [6.45, 7) is 1.86. The average molecular weight is 268 g/mol. The van der Waals surface area contributed by atoms with Crippen molar-refractivity contribution >= 4 is 21.4 Å². The minimum Gasteiger partial charge on any atom is -0.381 e. The van der Waals surface area contributed by atoms with E-state index in [1.165, 1.54) is 0 Å². The van der Waals surface area contributed by atoms with E-state index in [0.29, 0.717) is 12.0 Å². The number of aryl methyl sites for hydroxylation is 1. The zero-order valence-corrected chi connectivity index (χ0v) is 11.0. The molecule has 0 bridgehead atoms. The summed E-state index contributed by atoms with van der Waals surface area (Å²) in [5.41, 5.74) is 7.38. The van der Waals surface area contributed by atoms with Gasteiger partial charge in [-0.25, -0.2) is 8.42 Å². The minimum absolute atomic E-state index is 0.0480. The van der Waals surface area contributed by atoms with Gasteiger partial charge in [0.15, 0.2) is 9.84 Å². The second-order valence-electron chi connectivity index (χ2n) is 4.64. The van der Waals surface area contributed by atoms with Crippen LogP contribution in [0.3, 0.4) is 0 Å². The molecule has 1 saturated heterocycles. The molecule has 0 aromatic heterocycles. The largest absolute Gasteiger partial charge is 0.381 e. The van der Waals surface area contributed by atoms with Crippen LogP contribution in [0.4, 0.5) is 5.69 Å². The molecule has 98 valence electrons. The fourth-order valence-corrected chi connectivity index (χ4v) is 3.78. The maximum absolute atomic E-state index is 11.4. The first-order chi connectivity index (χ1) is 8.37. The van der Waals surface area contributed by atoms with Gasteiger partial charge in [-0.05, 0) is 37.1 Å². The number of hydrogen-bond donors (Lipinski definition) is 2. The van der Waals surface area contributed by atoms with Crippen LogP contribution in [-0.4, -0.2) is 31.9 Å². The molecule has 18 heavy (non-hydrogen) atoms. The number of hydrogen-bond acceptors (Lipinski definition) is 4. The predicted octanol–water partition coefficient (Wildman–Crippen LogP) is 0.693. The van der Waals surface area contributed by atoms with Gasteiger partial charge < -0.3 is 11.1 Å². The summed E-state index contributed by atoms with van der Waals surface area (Å²) in [7, 11) is -2.89. The Morgan fingerprint density at radius 1 is 1.44 bits per heavy atom. The zero-order chi connectivity index (χ0) is 13.3. The molecule has 6 heteroatoms. The van der Waals surface area contributed by atoms with Crippen LogP contribution < -0.4 is 11.1 Å². The van der Waals surface area contributed by atoms with Crippen LogP contribution in [0.25, 0.3) is 0 Å². The summed E-state index contributed by atoms with van der Waals surface area (Å²) in [5.74, 6) is -0.0549. The van der Waals surface area contributed by atoms with Crippen molar-refractivity contribution in [2.45, 2.75) is 19.4 Å². The van der Waals surface area contributed by atoms with Gasteiger partial charge in [-0.15, -0.1) is 0 Å². The quantitative estimate of drug-likeness (QED) is 0.844. The van der Waals surface area contributed by atoms with Gasteiger partial charge in [0.05, 0.1) is 11.5 Å². The third-order valence-electron chi connectivity index (χ3n) is 3.10. The molecule has 1 aliphatic heterocycles. The molecule has 1 unspecified atom stereocenters. The number of rotatable bonds is 3. The lowest BCUT2D eigenvalue weighted by Gasteiger charge is -2.15. The number of carbonyl (C=O) groups excluding carboxylic acids is 1. The highest BCUT2D eigenvalue weighted by Gasteiger charge is 2.27. The smallest absolute Gasteiger partial charge is 0.248 e. The van der Waals surface area contributed by atoms with E-state index >= 15 is 0 Å². The maximum Gasteiger partial charge on any atom is 0.248 e. The Kier molecular flexibility index (Phi) is 3.30. The molecule has 0 aliphatic carbocycles. The second kappa shape index (κ2) is 4.61. The van der Waals surface area contributed by atoms with Gasteiger partial charge in [0.2, 0.25) is 5.91 Å². The van der Waals surface area contributed by atoms with Crippen molar-refractivity contribution in [2.75, 3.05) is 16.8 Å². The maximum atomic E-state index is 11.4. The van der Waals surface area contributed by atoms with Crippen molar-refractivity contribution in [1.82, 2.24) is 0 Å². The van der Waals surface area contributed by atoms with Crippen molar-refractivity contribution in [3.63, 3.8) is 0 Å². The van der Waals surface area contributed by atoms with E-state index in [1.807, 2.05) is 6.92 Å². The molecule has 1 fully saturated rings. The van der Waals surface area contributed by atoms with Gasteiger partial charge in [0.1, 0.15) is 0 Å². The number of amides is 1. The Hall–Kier alpha value is -1.56. The number of sulfone groups is 1. The normalized spacial score (nSPS) is 21.7. The van der Waals surface area contributed by atoms with E-state index in [9.17, 15) is 13.2 Å². The highest BCUT2D eigenvalue weighted by molar-refractivity contribution is 7.91. The lowest BCUT2D eigenvalue weighted by atomic mass is 10.1. The van der Waals surface area contributed by atoms with Gasteiger partial charge in [-0.1, -0.05) is 0 Å². The van der Waals surface area contributed by atoms with Crippen LogP contribution in [-0.2, 0) is 9.84 Å². The summed E-state index contributed by atoms with van der Waals surface area (Å²) >= 11 is 0. The number of carbonyl (C=O) groups is 1. The summed E-state index contributed by atoms with van der Waals surface area (Å²) in [4.78, 5) is 11.0. The molecule has 1 aliphatic rings. The molecule has 2 rings (SSSR count).